The molecule has 3 rings (SSSR count). The van der Waals surface area contributed by atoms with Crippen molar-refractivity contribution >= 4 is 17.5 Å². The van der Waals surface area contributed by atoms with Crippen LogP contribution in [0.2, 0.25) is 5.02 Å². The average Bonchev–Trinajstić information content (AvgIpc) is 3.37. The van der Waals surface area contributed by atoms with Crippen LogP contribution in [0.3, 0.4) is 0 Å². The summed E-state index contributed by atoms with van der Waals surface area (Å²) < 4.78 is 18.4. The van der Waals surface area contributed by atoms with Crippen LogP contribution in [0.1, 0.15) is 24.4 Å². The molecule has 0 aromatic heterocycles. The van der Waals surface area contributed by atoms with Crippen molar-refractivity contribution in [2.45, 2.75) is 18.9 Å². The molecule has 23 heavy (non-hydrogen) atoms. The van der Waals surface area contributed by atoms with Crippen LogP contribution in [0.5, 0.6) is 5.75 Å². The van der Waals surface area contributed by atoms with Gasteiger partial charge >= 0.3 is 0 Å². The van der Waals surface area contributed by atoms with Gasteiger partial charge in [0.15, 0.2) is 6.61 Å². The molecule has 0 radical (unpaired) electrons. The molecule has 0 saturated heterocycles. The molecule has 0 unspecified atom stereocenters. The first-order chi connectivity index (χ1) is 11.1. The Morgan fingerprint density at radius 1 is 1.26 bits per heavy atom. The molecule has 0 spiro atoms. The van der Waals surface area contributed by atoms with Crippen molar-refractivity contribution in [3.05, 3.63) is 64.9 Å². The normalized spacial score (nSPS) is 15.0. The molecule has 5 heteroatoms. The second kappa shape index (κ2) is 7.01. The van der Waals surface area contributed by atoms with E-state index in [1.807, 2.05) is 30.3 Å². The largest absolute Gasteiger partial charge is 0.482 e. The molecule has 2 aromatic carbocycles. The van der Waals surface area contributed by atoms with Gasteiger partial charge in [0.05, 0.1) is 11.1 Å². The molecule has 3 nitrogen and oxygen atoms in total. The van der Waals surface area contributed by atoms with Crippen molar-refractivity contribution in [1.29, 1.82) is 0 Å². The minimum absolute atomic E-state index is 0.0102. The van der Waals surface area contributed by atoms with E-state index in [0.29, 0.717) is 11.7 Å². The van der Waals surface area contributed by atoms with Crippen LogP contribution in [-0.2, 0) is 4.79 Å². The van der Waals surface area contributed by atoms with Crippen LogP contribution in [0.15, 0.2) is 48.5 Å². The Bertz CT molecular complexity index is 689. The summed E-state index contributed by atoms with van der Waals surface area (Å²) >= 11 is 5.88. The molecule has 1 saturated carbocycles. The Hall–Kier alpha value is -2.07. The highest BCUT2D eigenvalue weighted by molar-refractivity contribution is 6.32. The van der Waals surface area contributed by atoms with Crippen LogP contribution >= 0.6 is 11.6 Å². The van der Waals surface area contributed by atoms with E-state index >= 15 is 0 Å². The van der Waals surface area contributed by atoms with E-state index in [0.717, 1.165) is 24.5 Å². The monoisotopic (exact) mass is 333 g/mol. The Labute approximate surface area is 139 Å². The van der Waals surface area contributed by atoms with E-state index in [9.17, 15) is 9.18 Å². The molecule has 1 atom stereocenters. The van der Waals surface area contributed by atoms with Gasteiger partial charge in [-0.1, -0.05) is 41.9 Å². The third kappa shape index (κ3) is 4.23. The maximum Gasteiger partial charge on any atom is 0.258 e. The average molecular weight is 334 g/mol. The zero-order chi connectivity index (χ0) is 16.2. The first-order valence-electron chi connectivity index (χ1n) is 7.55. The Morgan fingerprint density at radius 2 is 2.00 bits per heavy atom. The third-order valence-electron chi connectivity index (χ3n) is 3.82. The number of carbonyl (C=O) groups is 1. The predicted octanol–water partition coefficient (Wildman–Crippen LogP) is 4.13. The number of ether oxygens (including phenoxy) is 1. The highest BCUT2D eigenvalue weighted by Crippen LogP contribution is 2.40. The van der Waals surface area contributed by atoms with Crippen LogP contribution < -0.4 is 10.1 Å². The molecule has 0 aliphatic heterocycles. The van der Waals surface area contributed by atoms with Crippen molar-refractivity contribution in [3.63, 3.8) is 0 Å². The van der Waals surface area contributed by atoms with Crippen LogP contribution in [0.25, 0.3) is 0 Å². The van der Waals surface area contributed by atoms with Crippen molar-refractivity contribution < 1.29 is 13.9 Å². The lowest BCUT2D eigenvalue weighted by atomic mass is 10.0. The number of halogens is 2. The topological polar surface area (TPSA) is 38.3 Å². The minimum atomic E-state index is -0.440. The summed E-state index contributed by atoms with van der Waals surface area (Å²) in [5, 5.41) is 3.17. The van der Waals surface area contributed by atoms with Gasteiger partial charge in [-0.05, 0) is 42.5 Å². The van der Waals surface area contributed by atoms with E-state index in [2.05, 4.69) is 5.32 Å². The lowest BCUT2D eigenvalue weighted by molar-refractivity contribution is -0.124. The molecular weight excluding hydrogens is 317 g/mol. The Kier molecular flexibility index (Phi) is 4.82. The quantitative estimate of drug-likeness (QED) is 0.863. The molecular formula is C18H17ClFNO2. The molecule has 1 amide bonds. The number of benzene rings is 2. The molecule has 1 aliphatic carbocycles. The molecule has 120 valence electrons. The first-order valence-corrected chi connectivity index (χ1v) is 7.93. The zero-order valence-electron chi connectivity index (χ0n) is 12.5. The molecule has 0 bridgehead atoms. The number of hydrogen-bond acceptors (Lipinski definition) is 2. The number of nitrogens with one attached hydrogen (secondary N) is 1. The molecule has 1 aliphatic rings. The number of carbonyl (C=O) groups excluding carboxylic acids is 1. The van der Waals surface area contributed by atoms with Gasteiger partial charge in [0.2, 0.25) is 0 Å². The third-order valence-corrected chi connectivity index (χ3v) is 4.12. The fourth-order valence-electron chi connectivity index (χ4n) is 2.51. The Morgan fingerprint density at radius 3 is 2.65 bits per heavy atom. The highest BCUT2D eigenvalue weighted by atomic mass is 35.5. The second-order valence-corrected chi connectivity index (χ2v) is 6.06. The number of hydrogen-bond donors (Lipinski definition) is 1. The molecule has 0 heterocycles. The maximum absolute atomic E-state index is 13.0. The molecule has 2 aromatic rings. The summed E-state index contributed by atoms with van der Waals surface area (Å²) in [7, 11) is 0. The summed E-state index contributed by atoms with van der Waals surface area (Å²) in [6.07, 6.45) is 2.23. The lowest BCUT2D eigenvalue weighted by Gasteiger charge is -2.19. The summed E-state index contributed by atoms with van der Waals surface area (Å²) in [6, 6.07) is 13.7. The van der Waals surface area contributed by atoms with Crippen LogP contribution in [-0.4, -0.2) is 12.5 Å². The minimum Gasteiger partial charge on any atom is -0.482 e. The van der Waals surface area contributed by atoms with Gasteiger partial charge < -0.3 is 10.1 Å². The fourth-order valence-corrected chi connectivity index (χ4v) is 2.74. The highest BCUT2D eigenvalue weighted by Gasteiger charge is 2.33. The zero-order valence-corrected chi connectivity index (χ0v) is 13.2. The fraction of sp³-hybridized carbons (Fsp3) is 0.278. The van der Waals surface area contributed by atoms with Crippen LogP contribution in [0.4, 0.5) is 4.39 Å². The van der Waals surface area contributed by atoms with Crippen LogP contribution in [0, 0.1) is 11.7 Å². The van der Waals surface area contributed by atoms with Crippen molar-refractivity contribution in [1.82, 2.24) is 5.32 Å². The smallest absolute Gasteiger partial charge is 0.258 e. The van der Waals surface area contributed by atoms with E-state index in [1.54, 1.807) is 0 Å². The molecule has 1 N–H and O–H groups in total. The first kappa shape index (κ1) is 15.8. The standard InChI is InChI=1S/C18H17ClFNO2/c19-15-10-14(20)8-9-16(15)23-11-17(22)21-18(13-6-7-13)12-4-2-1-3-5-12/h1-5,8-10,13,18H,6-7,11H2,(H,21,22)/t18-/m0/s1. The lowest BCUT2D eigenvalue weighted by Crippen LogP contribution is -2.33. The summed E-state index contributed by atoms with van der Waals surface area (Å²) in [5.41, 5.74) is 1.10. The van der Waals surface area contributed by atoms with Gasteiger partial charge in [0, 0.05) is 0 Å². The number of rotatable bonds is 6. The van der Waals surface area contributed by atoms with Gasteiger partial charge in [-0.15, -0.1) is 0 Å². The Balaban J connectivity index is 1.59. The summed E-state index contributed by atoms with van der Waals surface area (Å²) in [6.45, 7) is -0.151. The summed E-state index contributed by atoms with van der Waals surface area (Å²) in [5.74, 6) is 0.123. The van der Waals surface area contributed by atoms with E-state index < -0.39 is 5.82 Å². The van der Waals surface area contributed by atoms with Crippen molar-refractivity contribution in [2.24, 2.45) is 5.92 Å². The predicted molar refractivity (Wildman–Crippen MR) is 87.0 cm³/mol. The van der Waals surface area contributed by atoms with Gasteiger partial charge in [-0.3, -0.25) is 4.79 Å². The SMILES string of the molecule is O=C(COc1ccc(F)cc1Cl)N[C@@H](c1ccccc1)C1CC1. The van der Waals surface area contributed by atoms with Gasteiger partial charge in [-0.2, -0.15) is 0 Å². The van der Waals surface area contributed by atoms with Crippen molar-refractivity contribution in [2.75, 3.05) is 6.61 Å². The number of amides is 1. The summed E-state index contributed by atoms with van der Waals surface area (Å²) in [4.78, 5) is 12.2. The second-order valence-electron chi connectivity index (χ2n) is 5.66. The maximum atomic E-state index is 13.0. The van der Waals surface area contributed by atoms with Gasteiger partial charge in [0.25, 0.3) is 5.91 Å². The van der Waals surface area contributed by atoms with Gasteiger partial charge in [0.1, 0.15) is 11.6 Å². The van der Waals surface area contributed by atoms with E-state index in [4.69, 9.17) is 16.3 Å². The van der Waals surface area contributed by atoms with Gasteiger partial charge in [-0.25, -0.2) is 4.39 Å². The van der Waals surface area contributed by atoms with E-state index in [-0.39, 0.29) is 23.6 Å². The van der Waals surface area contributed by atoms with E-state index in [1.165, 1.54) is 12.1 Å². The van der Waals surface area contributed by atoms with Crippen molar-refractivity contribution in [3.8, 4) is 5.75 Å². The molecule has 1 fully saturated rings.